The van der Waals surface area contributed by atoms with Gasteiger partial charge in [0.2, 0.25) is 11.8 Å². The van der Waals surface area contributed by atoms with Crippen LogP contribution in [0.15, 0.2) is 48.7 Å². The van der Waals surface area contributed by atoms with Gasteiger partial charge in [-0.1, -0.05) is 56.6 Å². The van der Waals surface area contributed by atoms with Gasteiger partial charge in [-0.2, -0.15) is 13.2 Å². The lowest BCUT2D eigenvalue weighted by molar-refractivity contribution is -0.137. The van der Waals surface area contributed by atoms with Crippen LogP contribution in [0.2, 0.25) is 5.02 Å². The standard InChI is InChI=1S/C26H22ClF3N2O3/c1-25(2,3)22(33)21-19-18(20-15-7-5-4-6-13(15)10-11-31(20)21)23(34)32(24(19)35)14-8-9-17(27)16(12-14)26(28,29)30/h4-12,18-21H,1-3H3/t18-,19-,20+,21-/m0/s1. The monoisotopic (exact) mass is 502 g/mol. The molecule has 2 amide bonds. The number of anilines is 1. The fraction of sp³-hybridized carbons (Fsp3) is 0.346. The van der Waals surface area contributed by atoms with Crippen LogP contribution in [-0.4, -0.2) is 28.5 Å². The van der Waals surface area contributed by atoms with Gasteiger partial charge in [0.25, 0.3) is 0 Å². The van der Waals surface area contributed by atoms with Crippen LogP contribution in [-0.2, 0) is 20.6 Å². The predicted molar refractivity (Wildman–Crippen MR) is 124 cm³/mol. The summed E-state index contributed by atoms with van der Waals surface area (Å²) in [7, 11) is 0. The molecule has 3 heterocycles. The Morgan fingerprint density at radius 3 is 2.29 bits per heavy atom. The first kappa shape index (κ1) is 23.6. The molecule has 2 aromatic rings. The van der Waals surface area contributed by atoms with E-state index in [9.17, 15) is 27.6 Å². The molecule has 0 aromatic heterocycles. The third-order valence-electron chi connectivity index (χ3n) is 6.98. The number of halogens is 4. The minimum Gasteiger partial charge on any atom is -0.359 e. The van der Waals surface area contributed by atoms with E-state index < -0.39 is 57.9 Å². The minimum absolute atomic E-state index is 0.209. The molecule has 182 valence electrons. The van der Waals surface area contributed by atoms with Crippen LogP contribution in [0.5, 0.6) is 0 Å². The summed E-state index contributed by atoms with van der Waals surface area (Å²) in [5.74, 6) is -3.47. The van der Waals surface area contributed by atoms with Crippen molar-refractivity contribution in [3.8, 4) is 0 Å². The lowest BCUT2D eigenvalue weighted by atomic mass is 9.79. The zero-order valence-electron chi connectivity index (χ0n) is 19.1. The van der Waals surface area contributed by atoms with E-state index in [4.69, 9.17) is 11.6 Å². The molecule has 2 fully saturated rings. The van der Waals surface area contributed by atoms with E-state index in [-0.39, 0.29) is 11.5 Å². The molecule has 3 aliphatic heterocycles. The summed E-state index contributed by atoms with van der Waals surface area (Å²) in [5.41, 5.74) is -0.497. The maximum Gasteiger partial charge on any atom is 0.417 e. The van der Waals surface area contributed by atoms with E-state index in [1.54, 1.807) is 31.9 Å². The van der Waals surface area contributed by atoms with Crippen LogP contribution < -0.4 is 4.90 Å². The fourth-order valence-electron chi connectivity index (χ4n) is 5.42. The fourth-order valence-corrected chi connectivity index (χ4v) is 5.65. The zero-order valence-corrected chi connectivity index (χ0v) is 19.9. The number of Topliss-reactive ketones (excluding diaryl/α,β-unsaturated/α-hetero) is 1. The first-order valence-corrected chi connectivity index (χ1v) is 11.5. The molecule has 2 aromatic carbocycles. The highest BCUT2D eigenvalue weighted by atomic mass is 35.5. The predicted octanol–water partition coefficient (Wildman–Crippen LogP) is 5.49. The largest absolute Gasteiger partial charge is 0.417 e. The number of amides is 2. The number of fused-ring (bicyclic) bond motifs is 5. The molecular formula is C26H22ClF3N2O3. The number of imide groups is 1. The average Bonchev–Trinajstić information content (AvgIpc) is 3.25. The minimum atomic E-state index is -4.76. The maximum atomic E-state index is 13.8. The summed E-state index contributed by atoms with van der Waals surface area (Å²) in [4.78, 5) is 43.6. The highest BCUT2D eigenvalue weighted by Crippen LogP contribution is 2.54. The molecule has 0 aliphatic carbocycles. The van der Waals surface area contributed by atoms with Gasteiger partial charge in [0.15, 0.2) is 5.78 Å². The molecule has 0 spiro atoms. The van der Waals surface area contributed by atoms with Crippen molar-refractivity contribution >= 4 is 41.0 Å². The Balaban J connectivity index is 1.66. The van der Waals surface area contributed by atoms with E-state index in [1.807, 2.05) is 30.3 Å². The quantitative estimate of drug-likeness (QED) is 0.510. The van der Waals surface area contributed by atoms with Gasteiger partial charge >= 0.3 is 6.18 Å². The number of rotatable bonds is 2. The Labute approximate surface area is 205 Å². The molecule has 4 atom stereocenters. The second kappa shape index (κ2) is 7.68. The summed E-state index contributed by atoms with van der Waals surface area (Å²) >= 11 is 5.75. The molecule has 0 unspecified atom stereocenters. The Morgan fingerprint density at radius 1 is 0.971 bits per heavy atom. The number of carbonyl (C=O) groups is 3. The van der Waals surface area contributed by atoms with Crippen molar-refractivity contribution in [1.29, 1.82) is 0 Å². The van der Waals surface area contributed by atoms with E-state index in [0.717, 1.165) is 22.1 Å². The number of carbonyl (C=O) groups excluding carboxylic acids is 3. The van der Waals surface area contributed by atoms with Crippen LogP contribution in [0.3, 0.4) is 0 Å². The number of hydrogen-bond donors (Lipinski definition) is 0. The Morgan fingerprint density at radius 2 is 1.63 bits per heavy atom. The molecule has 35 heavy (non-hydrogen) atoms. The molecule has 2 saturated heterocycles. The molecule has 0 bridgehead atoms. The van der Waals surface area contributed by atoms with Crippen LogP contribution in [0.1, 0.15) is 43.5 Å². The molecule has 5 nitrogen and oxygen atoms in total. The van der Waals surface area contributed by atoms with Gasteiger partial charge in [0, 0.05) is 11.6 Å². The van der Waals surface area contributed by atoms with Gasteiger partial charge in [-0.15, -0.1) is 0 Å². The van der Waals surface area contributed by atoms with Gasteiger partial charge < -0.3 is 4.90 Å². The first-order valence-electron chi connectivity index (χ1n) is 11.2. The second-order valence-electron chi connectivity index (χ2n) is 10.1. The molecular weight excluding hydrogens is 481 g/mol. The van der Waals surface area contributed by atoms with Crippen LogP contribution in [0.4, 0.5) is 18.9 Å². The molecule has 0 N–H and O–H groups in total. The van der Waals surface area contributed by atoms with Crippen LogP contribution in [0, 0.1) is 17.3 Å². The highest BCUT2D eigenvalue weighted by Gasteiger charge is 2.65. The van der Waals surface area contributed by atoms with Gasteiger partial charge in [-0.3, -0.25) is 14.4 Å². The van der Waals surface area contributed by atoms with Crippen molar-refractivity contribution in [1.82, 2.24) is 4.90 Å². The first-order chi connectivity index (χ1) is 16.3. The number of alkyl halides is 3. The Bertz CT molecular complexity index is 1300. The Kier molecular flexibility index (Phi) is 5.18. The normalized spacial score (nSPS) is 25.6. The number of ketones is 1. The van der Waals surface area contributed by atoms with Crippen molar-refractivity contribution < 1.29 is 27.6 Å². The summed E-state index contributed by atoms with van der Waals surface area (Å²) in [6.45, 7) is 5.23. The van der Waals surface area contributed by atoms with Gasteiger partial charge in [-0.25, -0.2) is 4.90 Å². The molecule has 3 aliphatic rings. The molecule has 5 rings (SSSR count). The SMILES string of the molecule is CC(C)(C)C(=O)[C@@H]1[C@H]2C(=O)N(c3ccc(Cl)c(C(F)(F)F)c3)C(=O)[C@@H]2[C@H]2c3ccccc3C=CN12. The number of benzene rings is 2. The summed E-state index contributed by atoms with van der Waals surface area (Å²) in [6, 6.07) is 8.85. The van der Waals surface area contributed by atoms with Crippen molar-refractivity contribution in [2.24, 2.45) is 17.3 Å². The third-order valence-corrected chi connectivity index (χ3v) is 7.31. The van der Waals surface area contributed by atoms with Crippen molar-refractivity contribution in [2.75, 3.05) is 4.90 Å². The average molecular weight is 503 g/mol. The second-order valence-corrected chi connectivity index (χ2v) is 10.5. The van der Waals surface area contributed by atoms with E-state index in [2.05, 4.69) is 0 Å². The number of nitrogens with zero attached hydrogens (tertiary/aromatic N) is 2. The number of hydrogen-bond acceptors (Lipinski definition) is 4. The van der Waals surface area contributed by atoms with Gasteiger partial charge in [0.05, 0.1) is 34.2 Å². The van der Waals surface area contributed by atoms with Gasteiger partial charge in [-0.05, 0) is 35.4 Å². The summed E-state index contributed by atoms with van der Waals surface area (Å²) in [6.07, 6.45) is -1.17. The molecule has 0 saturated carbocycles. The smallest absolute Gasteiger partial charge is 0.359 e. The summed E-state index contributed by atoms with van der Waals surface area (Å²) in [5, 5.41) is -0.529. The third kappa shape index (κ3) is 3.49. The van der Waals surface area contributed by atoms with E-state index in [1.165, 1.54) is 6.07 Å². The zero-order chi connectivity index (χ0) is 25.4. The molecule has 0 radical (unpaired) electrons. The van der Waals surface area contributed by atoms with Crippen LogP contribution in [0.25, 0.3) is 6.08 Å². The van der Waals surface area contributed by atoms with Crippen molar-refractivity contribution in [3.05, 3.63) is 70.4 Å². The van der Waals surface area contributed by atoms with Crippen molar-refractivity contribution in [3.63, 3.8) is 0 Å². The van der Waals surface area contributed by atoms with Gasteiger partial charge in [0.1, 0.15) is 6.04 Å². The lowest BCUT2D eigenvalue weighted by Gasteiger charge is -2.37. The highest BCUT2D eigenvalue weighted by molar-refractivity contribution is 6.32. The molecule has 9 heteroatoms. The van der Waals surface area contributed by atoms with E-state index >= 15 is 0 Å². The summed E-state index contributed by atoms with van der Waals surface area (Å²) < 4.78 is 40.5. The topological polar surface area (TPSA) is 57.7 Å². The van der Waals surface area contributed by atoms with Crippen LogP contribution >= 0.6 is 11.6 Å². The maximum absolute atomic E-state index is 13.8. The lowest BCUT2D eigenvalue weighted by Crippen LogP contribution is -2.47. The Hall–Kier alpha value is -3.13. The van der Waals surface area contributed by atoms with Crippen molar-refractivity contribution in [2.45, 2.75) is 39.0 Å². The van der Waals surface area contributed by atoms with E-state index in [0.29, 0.717) is 6.07 Å².